The third-order valence-corrected chi connectivity index (χ3v) is 3.83. The van der Waals surface area contributed by atoms with Crippen LogP contribution in [-0.2, 0) is 13.0 Å². The molecule has 1 aliphatic heterocycles. The van der Waals surface area contributed by atoms with Crippen molar-refractivity contribution in [3.8, 4) is 6.07 Å². The summed E-state index contributed by atoms with van der Waals surface area (Å²) in [5.74, 6) is -0.910. The first-order chi connectivity index (χ1) is 10.2. The fourth-order valence-electron chi connectivity index (χ4n) is 2.74. The fourth-order valence-corrected chi connectivity index (χ4v) is 2.74. The molecule has 0 amide bonds. The van der Waals surface area contributed by atoms with Gasteiger partial charge < -0.3 is 10.0 Å². The third kappa shape index (κ3) is 2.46. The largest absolute Gasteiger partial charge is 0.478 e. The zero-order valence-corrected chi connectivity index (χ0v) is 11.4. The number of carboxylic acid groups (broad SMARTS) is 1. The van der Waals surface area contributed by atoms with Gasteiger partial charge in [0.2, 0.25) is 0 Å². The van der Waals surface area contributed by atoms with E-state index in [2.05, 4.69) is 11.0 Å². The van der Waals surface area contributed by atoms with Gasteiger partial charge in [0.05, 0.1) is 16.8 Å². The average molecular weight is 278 g/mol. The van der Waals surface area contributed by atoms with E-state index in [9.17, 15) is 10.1 Å². The van der Waals surface area contributed by atoms with Gasteiger partial charge in [-0.3, -0.25) is 0 Å². The molecular weight excluding hydrogens is 264 g/mol. The molecule has 0 aromatic heterocycles. The monoisotopic (exact) mass is 278 g/mol. The minimum atomic E-state index is -0.910. The number of nitrogens with zero attached hydrogens (tertiary/aromatic N) is 2. The van der Waals surface area contributed by atoms with E-state index in [0.717, 1.165) is 24.2 Å². The van der Waals surface area contributed by atoms with Crippen molar-refractivity contribution in [2.45, 2.75) is 13.0 Å². The molecule has 0 unspecified atom stereocenters. The molecule has 2 aromatic carbocycles. The van der Waals surface area contributed by atoms with Crippen molar-refractivity contribution < 1.29 is 9.90 Å². The first kappa shape index (κ1) is 13.2. The van der Waals surface area contributed by atoms with Crippen LogP contribution in [0.5, 0.6) is 0 Å². The molecule has 0 atom stereocenters. The first-order valence-corrected chi connectivity index (χ1v) is 6.78. The zero-order valence-electron chi connectivity index (χ0n) is 11.4. The summed E-state index contributed by atoms with van der Waals surface area (Å²) in [4.78, 5) is 13.2. The molecule has 4 heteroatoms. The summed E-state index contributed by atoms with van der Waals surface area (Å²) < 4.78 is 0. The Bertz CT molecular complexity index is 747. The van der Waals surface area contributed by atoms with Crippen LogP contribution in [0.25, 0.3) is 0 Å². The first-order valence-electron chi connectivity index (χ1n) is 6.78. The standard InChI is InChI=1S/C17H14N2O2/c18-10-14-3-1-2-4-16(14)19-8-7-12-5-6-13(17(20)21)9-15(12)11-19/h1-6,9H,7-8,11H2,(H,20,21). The minimum absolute atomic E-state index is 0.309. The van der Waals surface area contributed by atoms with Crippen molar-refractivity contribution in [1.29, 1.82) is 5.26 Å². The van der Waals surface area contributed by atoms with Crippen molar-refractivity contribution in [2.75, 3.05) is 11.4 Å². The molecule has 0 saturated carbocycles. The van der Waals surface area contributed by atoms with Crippen LogP contribution in [-0.4, -0.2) is 17.6 Å². The van der Waals surface area contributed by atoms with Gasteiger partial charge in [-0.05, 0) is 41.8 Å². The van der Waals surface area contributed by atoms with Crippen LogP contribution in [0.3, 0.4) is 0 Å². The minimum Gasteiger partial charge on any atom is -0.478 e. The fraction of sp³-hybridized carbons (Fsp3) is 0.176. The Kier molecular flexibility index (Phi) is 3.33. The number of nitriles is 1. The van der Waals surface area contributed by atoms with E-state index in [1.54, 1.807) is 18.2 Å². The molecule has 0 saturated heterocycles. The molecule has 1 N–H and O–H groups in total. The Morgan fingerprint density at radius 3 is 2.76 bits per heavy atom. The lowest BCUT2D eigenvalue weighted by atomic mass is 9.96. The lowest BCUT2D eigenvalue weighted by molar-refractivity contribution is 0.0696. The van der Waals surface area contributed by atoms with Crippen molar-refractivity contribution in [3.63, 3.8) is 0 Å². The van der Waals surface area contributed by atoms with Crippen molar-refractivity contribution in [1.82, 2.24) is 0 Å². The topological polar surface area (TPSA) is 64.3 Å². The van der Waals surface area contributed by atoms with Gasteiger partial charge in [-0.25, -0.2) is 4.79 Å². The predicted octanol–water partition coefficient (Wildman–Crippen LogP) is 2.82. The number of hydrogen-bond acceptors (Lipinski definition) is 3. The number of benzene rings is 2. The molecule has 0 aliphatic carbocycles. The highest BCUT2D eigenvalue weighted by Crippen LogP contribution is 2.27. The van der Waals surface area contributed by atoms with E-state index in [1.807, 2.05) is 24.3 Å². The molecule has 0 bridgehead atoms. The van der Waals surface area contributed by atoms with Crippen LogP contribution in [0.15, 0.2) is 42.5 Å². The molecule has 21 heavy (non-hydrogen) atoms. The number of anilines is 1. The normalized spacial score (nSPS) is 13.4. The van der Waals surface area contributed by atoms with Crippen LogP contribution in [0, 0.1) is 11.3 Å². The highest BCUT2D eigenvalue weighted by Gasteiger charge is 2.19. The lowest BCUT2D eigenvalue weighted by Crippen LogP contribution is -2.31. The summed E-state index contributed by atoms with van der Waals surface area (Å²) in [5, 5.41) is 18.3. The molecule has 3 rings (SSSR count). The number of hydrogen-bond donors (Lipinski definition) is 1. The number of fused-ring (bicyclic) bond motifs is 1. The van der Waals surface area contributed by atoms with Gasteiger partial charge in [0, 0.05) is 13.1 Å². The SMILES string of the molecule is N#Cc1ccccc1N1CCc2ccc(C(=O)O)cc2C1. The van der Waals surface area contributed by atoms with E-state index in [0.29, 0.717) is 17.7 Å². The van der Waals surface area contributed by atoms with E-state index >= 15 is 0 Å². The van der Waals surface area contributed by atoms with E-state index in [1.165, 1.54) is 5.56 Å². The smallest absolute Gasteiger partial charge is 0.335 e. The number of aromatic carboxylic acids is 1. The van der Waals surface area contributed by atoms with Gasteiger partial charge in [0.15, 0.2) is 0 Å². The maximum Gasteiger partial charge on any atom is 0.335 e. The van der Waals surface area contributed by atoms with Gasteiger partial charge >= 0.3 is 5.97 Å². The highest BCUT2D eigenvalue weighted by molar-refractivity contribution is 5.88. The second kappa shape index (κ2) is 5.29. The quantitative estimate of drug-likeness (QED) is 0.917. The summed E-state index contributed by atoms with van der Waals surface area (Å²) in [7, 11) is 0. The number of para-hydroxylation sites is 1. The Labute approximate surface area is 122 Å². The Morgan fingerprint density at radius 2 is 2.00 bits per heavy atom. The van der Waals surface area contributed by atoms with Gasteiger partial charge in [0.1, 0.15) is 6.07 Å². The molecule has 1 heterocycles. The second-order valence-corrected chi connectivity index (χ2v) is 5.09. The molecule has 0 radical (unpaired) electrons. The molecule has 0 spiro atoms. The van der Waals surface area contributed by atoms with Crippen LogP contribution >= 0.6 is 0 Å². The lowest BCUT2D eigenvalue weighted by Gasteiger charge is -2.31. The molecule has 0 fully saturated rings. The molecular formula is C17H14N2O2. The average Bonchev–Trinajstić information content (AvgIpc) is 2.53. The van der Waals surface area contributed by atoms with Gasteiger partial charge in [-0.15, -0.1) is 0 Å². The summed E-state index contributed by atoms with van der Waals surface area (Å²) >= 11 is 0. The second-order valence-electron chi connectivity index (χ2n) is 5.09. The van der Waals surface area contributed by atoms with Gasteiger partial charge in [0.25, 0.3) is 0 Å². The Hall–Kier alpha value is -2.80. The van der Waals surface area contributed by atoms with Gasteiger partial charge in [-0.1, -0.05) is 18.2 Å². The predicted molar refractivity (Wildman–Crippen MR) is 79.3 cm³/mol. The Balaban J connectivity index is 1.95. The number of rotatable bonds is 2. The maximum atomic E-state index is 11.1. The Morgan fingerprint density at radius 1 is 1.19 bits per heavy atom. The number of carbonyl (C=O) groups is 1. The zero-order chi connectivity index (χ0) is 14.8. The summed E-state index contributed by atoms with van der Waals surface area (Å²) in [6.45, 7) is 1.47. The molecule has 2 aromatic rings. The summed E-state index contributed by atoms with van der Waals surface area (Å²) in [6.07, 6.45) is 0.856. The van der Waals surface area contributed by atoms with Crippen LogP contribution in [0.2, 0.25) is 0 Å². The van der Waals surface area contributed by atoms with Crippen LogP contribution in [0.1, 0.15) is 27.0 Å². The molecule has 104 valence electrons. The summed E-state index contributed by atoms with van der Waals surface area (Å²) in [5.41, 5.74) is 4.07. The van der Waals surface area contributed by atoms with E-state index in [-0.39, 0.29) is 0 Å². The number of carboxylic acids is 1. The van der Waals surface area contributed by atoms with Crippen molar-refractivity contribution in [3.05, 3.63) is 64.7 Å². The van der Waals surface area contributed by atoms with Crippen molar-refractivity contribution >= 4 is 11.7 Å². The molecule has 4 nitrogen and oxygen atoms in total. The van der Waals surface area contributed by atoms with Crippen LogP contribution < -0.4 is 4.90 Å². The van der Waals surface area contributed by atoms with E-state index < -0.39 is 5.97 Å². The van der Waals surface area contributed by atoms with Gasteiger partial charge in [-0.2, -0.15) is 5.26 Å². The maximum absolute atomic E-state index is 11.1. The highest BCUT2D eigenvalue weighted by atomic mass is 16.4. The van der Waals surface area contributed by atoms with Crippen LogP contribution in [0.4, 0.5) is 5.69 Å². The molecule has 1 aliphatic rings. The van der Waals surface area contributed by atoms with E-state index in [4.69, 9.17) is 5.11 Å². The third-order valence-electron chi connectivity index (χ3n) is 3.83. The van der Waals surface area contributed by atoms with Crippen molar-refractivity contribution in [2.24, 2.45) is 0 Å². The summed E-state index contributed by atoms with van der Waals surface area (Å²) in [6, 6.07) is 15.0.